The van der Waals surface area contributed by atoms with E-state index >= 15 is 0 Å². The van der Waals surface area contributed by atoms with Gasteiger partial charge < -0.3 is 5.11 Å². The average molecular weight is 209 g/mol. The lowest BCUT2D eigenvalue weighted by Crippen LogP contribution is -2.23. The SMILES string of the molecule is C=c1c(C(=O)O)ns/c1=C/C(C)=C\C. The summed E-state index contributed by atoms with van der Waals surface area (Å²) in [6.45, 7) is 7.57. The molecule has 0 aliphatic rings. The molecule has 1 aromatic heterocycles. The highest BCUT2D eigenvalue weighted by molar-refractivity contribution is 7.03. The molecule has 0 saturated carbocycles. The van der Waals surface area contributed by atoms with Crippen LogP contribution < -0.4 is 9.75 Å². The molecular weight excluding hydrogens is 198 g/mol. The second-order valence-corrected chi connectivity index (χ2v) is 3.66. The molecule has 0 fully saturated rings. The predicted octanol–water partition coefficient (Wildman–Crippen LogP) is 0.998. The molecule has 0 unspecified atom stereocenters. The van der Waals surface area contributed by atoms with E-state index in [1.807, 2.05) is 26.0 Å². The van der Waals surface area contributed by atoms with Crippen LogP contribution in [0.25, 0.3) is 12.7 Å². The van der Waals surface area contributed by atoms with Crippen molar-refractivity contribution in [1.29, 1.82) is 0 Å². The van der Waals surface area contributed by atoms with Gasteiger partial charge in [-0.3, -0.25) is 0 Å². The Labute approximate surface area is 85.9 Å². The van der Waals surface area contributed by atoms with Crippen LogP contribution in [0.1, 0.15) is 24.3 Å². The van der Waals surface area contributed by atoms with Crippen molar-refractivity contribution in [3.05, 3.63) is 27.1 Å². The summed E-state index contributed by atoms with van der Waals surface area (Å²) in [5.41, 5.74) is 1.11. The molecule has 0 aliphatic heterocycles. The van der Waals surface area contributed by atoms with E-state index in [-0.39, 0.29) is 5.69 Å². The van der Waals surface area contributed by atoms with Crippen molar-refractivity contribution in [1.82, 2.24) is 4.37 Å². The van der Waals surface area contributed by atoms with Gasteiger partial charge in [-0.25, -0.2) is 4.79 Å². The molecule has 0 saturated heterocycles. The largest absolute Gasteiger partial charge is 0.476 e. The Morgan fingerprint density at radius 2 is 2.29 bits per heavy atom. The lowest BCUT2D eigenvalue weighted by molar-refractivity contribution is 0.0690. The van der Waals surface area contributed by atoms with Gasteiger partial charge in [0.25, 0.3) is 0 Å². The summed E-state index contributed by atoms with van der Waals surface area (Å²) in [5.74, 6) is -1.02. The molecule has 74 valence electrons. The Hall–Kier alpha value is -1.42. The topological polar surface area (TPSA) is 50.2 Å². The van der Waals surface area contributed by atoms with Crippen LogP contribution in [0.15, 0.2) is 11.6 Å². The molecule has 3 nitrogen and oxygen atoms in total. The molecule has 0 radical (unpaired) electrons. The van der Waals surface area contributed by atoms with Gasteiger partial charge in [0.15, 0.2) is 5.69 Å². The molecular formula is C10H11NO2S. The first-order valence-corrected chi connectivity index (χ1v) is 4.86. The number of carbonyl (C=O) groups is 1. The van der Waals surface area contributed by atoms with Gasteiger partial charge in [-0.2, -0.15) is 4.37 Å². The fourth-order valence-corrected chi connectivity index (χ4v) is 1.72. The summed E-state index contributed by atoms with van der Waals surface area (Å²) in [5, 5.41) is 9.24. The number of nitrogens with zero attached hydrogens (tertiary/aromatic N) is 1. The Balaban J connectivity index is 3.34. The standard InChI is InChI=1S/C10H11NO2S/c1-4-6(2)5-8-7(3)9(10(12)13)11-14-8/h4-5H,3H2,1-2H3,(H,12,13)/b6-4-,8-5+. The zero-order valence-corrected chi connectivity index (χ0v) is 8.89. The van der Waals surface area contributed by atoms with Crippen molar-refractivity contribution in [2.75, 3.05) is 0 Å². The minimum atomic E-state index is -1.02. The fraction of sp³-hybridized carbons (Fsp3) is 0.200. The van der Waals surface area contributed by atoms with E-state index in [9.17, 15) is 4.79 Å². The Morgan fingerprint density at radius 3 is 2.71 bits per heavy atom. The van der Waals surface area contributed by atoms with E-state index < -0.39 is 5.97 Å². The van der Waals surface area contributed by atoms with Crippen molar-refractivity contribution in [3.8, 4) is 0 Å². The minimum Gasteiger partial charge on any atom is -0.476 e. The van der Waals surface area contributed by atoms with Crippen molar-refractivity contribution in [3.63, 3.8) is 0 Å². The maximum Gasteiger partial charge on any atom is 0.356 e. The maximum atomic E-state index is 10.7. The second-order valence-electron chi connectivity index (χ2n) is 2.86. The number of hydrogen-bond acceptors (Lipinski definition) is 3. The number of allylic oxidation sites excluding steroid dienone is 2. The van der Waals surface area contributed by atoms with Crippen LogP contribution >= 0.6 is 11.5 Å². The highest BCUT2D eigenvalue weighted by atomic mass is 32.1. The van der Waals surface area contributed by atoms with Crippen LogP contribution in [0, 0.1) is 0 Å². The fourth-order valence-electron chi connectivity index (χ4n) is 0.893. The third-order valence-electron chi connectivity index (χ3n) is 1.84. The smallest absolute Gasteiger partial charge is 0.356 e. The lowest BCUT2D eigenvalue weighted by atomic mass is 10.2. The lowest BCUT2D eigenvalue weighted by Gasteiger charge is -1.85. The van der Waals surface area contributed by atoms with Crippen molar-refractivity contribution in [2.24, 2.45) is 0 Å². The molecule has 4 heteroatoms. The van der Waals surface area contributed by atoms with E-state index in [2.05, 4.69) is 11.0 Å². The summed E-state index contributed by atoms with van der Waals surface area (Å²) >= 11 is 1.16. The molecule has 14 heavy (non-hydrogen) atoms. The highest BCUT2D eigenvalue weighted by Gasteiger charge is 2.07. The second kappa shape index (κ2) is 4.19. The first kappa shape index (κ1) is 10.7. The van der Waals surface area contributed by atoms with E-state index in [4.69, 9.17) is 5.11 Å². The summed E-state index contributed by atoms with van der Waals surface area (Å²) in [6, 6.07) is 0. The van der Waals surface area contributed by atoms with Crippen molar-refractivity contribution < 1.29 is 9.90 Å². The molecule has 0 aliphatic carbocycles. The number of aromatic carboxylic acids is 1. The van der Waals surface area contributed by atoms with Gasteiger partial charge in [0, 0.05) is 5.22 Å². The van der Waals surface area contributed by atoms with Gasteiger partial charge in [0.05, 0.1) is 4.53 Å². The van der Waals surface area contributed by atoms with E-state index in [0.29, 0.717) is 5.22 Å². The number of carboxylic acid groups (broad SMARTS) is 1. The minimum absolute atomic E-state index is 0.0464. The predicted molar refractivity (Wildman–Crippen MR) is 57.7 cm³/mol. The number of carboxylic acids is 1. The third kappa shape index (κ3) is 2.09. The van der Waals surface area contributed by atoms with E-state index in [0.717, 1.165) is 21.6 Å². The van der Waals surface area contributed by atoms with Gasteiger partial charge >= 0.3 is 5.97 Å². The van der Waals surface area contributed by atoms with Gasteiger partial charge in [-0.15, -0.1) is 0 Å². The summed E-state index contributed by atoms with van der Waals surface area (Å²) in [4.78, 5) is 10.7. The van der Waals surface area contributed by atoms with E-state index in [1.165, 1.54) is 0 Å². The Morgan fingerprint density at radius 1 is 1.64 bits per heavy atom. The van der Waals surface area contributed by atoms with Crippen LogP contribution in [0.2, 0.25) is 0 Å². The number of aromatic nitrogens is 1. The summed E-state index contributed by atoms with van der Waals surface area (Å²) in [6.07, 6.45) is 3.83. The van der Waals surface area contributed by atoms with Crippen LogP contribution in [0.5, 0.6) is 0 Å². The zero-order valence-electron chi connectivity index (χ0n) is 8.07. The van der Waals surface area contributed by atoms with Crippen LogP contribution in [0.4, 0.5) is 0 Å². The number of rotatable bonds is 2. The van der Waals surface area contributed by atoms with Gasteiger partial charge in [-0.05, 0) is 31.5 Å². The molecule has 1 heterocycles. The Kier molecular flexibility index (Phi) is 3.19. The van der Waals surface area contributed by atoms with E-state index in [1.54, 1.807) is 0 Å². The normalized spacial score (nSPS) is 13.3. The first-order valence-electron chi connectivity index (χ1n) is 4.08. The highest BCUT2D eigenvalue weighted by Crippen LogP contribution is 1.93. The van der Waals surface area contributed by atoms with Gasteiger partial charge in [-0.1, -0.05) is 18.2 Å². The van der Waals surface area contributed by atoms with Crippen LogP contribution in [0.3, 0.4) is 0 Å². The summed E-state index contributed by atoms with van der Waals surface area (Å²) in [7, 11) is 0. The molecule has 1 N–H and O–H groups in total. The van der Waals surface area contributed by atoms with Gasteiger partial charge in [0.2, 0.25) is 0 Å². The molecule has 1 rings (SSSR count). The average Bonchev–Trinajstić information content (AvgIpc) is 2.48. The van der Waals surface area contributed by atoms with Crippen molar-refractivity contribution in [2.45, 2.75) is 13.8 Å². The monoisotopic (exact) mass is 209 g/mol. The molecule has 1 aromatic rings. The molecule has 0 atom stereocenters. The maximum absolute atomic E-state index is 10.7. The van der Waals surface area contributed by atoms with Gasteiger partial charge in [0.1, 0.15) is 0 Å². The zero-order chi connectivity index (χ0) is 10.7. The third-order valence-corrected chi connectivity index (χ3v) is 2.67. The van der Waals surface area contributed by atoms with Crippen molar-refractivity contribution >= 4 is 30.2 Å². The van der Waals surface area contributed by atoms with Crippen LogP contribution in [-0.4, -0.2) is 15.4 Å². The molecule has 0 bridgehead atoms. The molecule has 0 amide bonds. The quantitative estimate of drug-likeness (QED) is 0.790. The molecule has 0 aromatic carbocycles. The summed E-state index contributed by atoms with van der Waals surface area (Å²) < 4.78 is 4.63. The molecule has 0 spiro atoms. The number of hydrogen-bond donors (Lipinski definition) is 1. The Bertz CT molecular complexity index is 485. The first-order chi connectivity index (χ1) is 6.56. The van der Waals surface area contributed by atoms with Crippen LogP contribution in [-0.2, 0) is 0 Å².